The van der Waals surface area contributed by atoms with Crippen molar-refractivity contribution < 1.29 is 14.3 Å². The van der Waals surface area contributed by atoms with Crippen LogP contribution in [0.25, 0.3) is 0 Å². The Morgan fingerprint density at radius 2 is 2.35 bits per heavy atom. The summed E-state index contributed by atoms with van der Waals surface area (Å²) in [5.74, 6) is -1.07. The molecule has 0 saturated carbocycles. The zero-order chi connectivity index (χ0) is 12.4. The van der Waals surface area contributed by atoms with Crippen LogP contribution in [-0.4, -0.2) is 23.7 Å². The van der Waals surface area contributed by atoms with Gasteiger partial charge in [0.1, 0.15) is 5.82 Å². The molecule has 0 bridgehead atoms. The second kappa shape index (κ2) is 4.73. The number of halogens is 1. The molecule has 1 aliphatic rings. The van der Waals surface area contributed by atoms with Gasteiger partial charge in [-0.3, -0.25) is 4.79 Å². The summed E-state index contributed by atoms with van der Waals surface area (Å²) in [7, 11) is 0. The van der Waals surface area contributed by atoms with Gasteiger partial charge in [-0.05, 0) is 30.5 Å². The molecule has 2 rings (SSSR count). The summed E-state index contributed by atoms with van der Waals surface area (Å²) < 4.78 is 13.2. The third-order valence-corrected chi connectivity index (χ3v) is 3.30. The van der Waals surface area contributed by atoms with Crippen molar-refractivity contribution >= 4 is 11.7 Å². The molecule has 1 N–H and O–H groups in total. The van der Waals surface area contributed by atoms with Gasteiger partial charge >= 0.3 is 5.97 Å². The van der Waals surface area contributed by atoms with Gasteiger partial charge in [-0.25, -0.2) is 4.39 Å². The second-order valence-corrected chi connectivity index (χ2v) is 4.38. The van der Waals surface area contributed by atoms with Crippen molar-refractivity contribution in [3.05, 3.63) is 29.6 Å². The monoisotopic (exact) mass is 237 g/mol. The molecule has 3 nitrogen and oxygen atoms in total. The second-order valence-electron chi connectivity index (χ2n) is 4.38. The van der Waals surface area contributed by atoms with Crippen LogP contribution in [0.2, 0.25) is 0 Å². The Morgan fingerprint density at radius 1 is 1.59 bits per heavy atom. The minimum Gasteiger partial charge on any atom is -0.481 e. The van der Waals surface area contributed by atoms with Crippen LogP contribution < -0.4 is 4.90 Å². The standard InChI is InChI=1S/C13H16FNO2/c1-2-11(8-13(16)17)15-6-5-9-3-4-10(14)7-12(9)15/h3-4,7,11H,2,5-6,8H2,1H3,(H,16,17). The number of carboxylic acid groups (broad SMARTS) is 1. The van der Waals surface area contributed by atoms with Crippen LogP contribution in [-0.2, 0) is 11.2 Å². The van der Waals surface area contributed by atoms with Gasteiger partial charge in [-0.1, -0.05) is 13.0 Å². The van der Waals surface area contributed by atoms with E-state index in [0.717, 1.165) is 30.6 Å². The van der Waals surface area contributed by atoms with Gasteiger partial charge in [-0.2, -0.15) is 0 Å². The molecule has 1 aliphatic heterocycles. The number of hydrogen-bond donors (Lipinski definition) is 1. The molecule has 1 aromatic rings. The first-order chi connectivity index (χ1) is 8.11. The fourth-order valence-electron chi connectivity index (χ4n) is 2.43. The lowest BCUT2D eigenvalue weighted by Crippen LogP contribution is -2.35. The molecule has 0 radical (unpaired) electrons. The largest absolute Gasteiger partial charge is 0.481 e. The van der Waals surface area contributed by atoms with E-state index in [9.17, 15) is 9.18 Å². The Morgan fingerprint density at radius 3 is 3.00 bits per heavy atom. The normalized spacial score (nSPS) is 15.8. The fraction of sp³-hybridized carbons (Fsp3) is 0.462. The van der Waals surface area contributed by atoms with Crippen LogP contribution in [0.4, 0.5) is 10.1 Å². The van der Waals surface area contributed by atoms with E-state index in [-0.39, 0.29) is 18.3 Å². The first-order valence-electron chi connectivity index (χ1n) is 5.88. The molecule has 0 aromatic heterocycles. The Balaban J connectivity index is 2.25. The smallest absolute Gasteiger partial charge is 0.305 e. The van der Waals surface area contributed by atoms with Gasteiger partial charge in [-0.15, -0.1) is 0 Å². The van der Waals surface area contributed by atoms with Gasteiger partial charge < -0.3 is 10.0 Å². The summed E-state index contributed by atoms with van der Waals surface area (Å²) in [6.45, 7) is 2.75. The molecule has 0 spiro atoms. The number of anilines is 1. The molecule has 17 heavy (non-hydrogen) atoms. The van der Waals surface area contributed by atoms with Crippen molar-refractivity contribution in [2.24, 2.45) is 0 Å². The number of hydrogen-bond acceptors (Lipinski definition) is 2. The minimum absolute atomic E-state index is 0.0458. The molecular formula is C13H16FNO2. The van der Waals surface area contributed by atoms with Crippen LogP contribution in [0.5, 0.6) is 0 Å². The van der Waals surface area contributed by atoms with Gasteiger partial charge in [0.15, 0.2) is 0 Å². The van der Waals surface area contributed by atoms with Crippen LogP contribution in [0, 0.1) is 5.82 Å². The first-order valence-corrected chi connectivity index (χ1v) is 5.88. The van der Waals surface area contributed by atoms with E-state index in [1.165, 1.54) is 12.1 Å². The molecule has 0 saturated heterocycles. The van der Waals surface area contributed by atoms with Crippen molar-refractivity contribution in [3.63, 3.8) is 0 Å². The average Bonchev–Trinajstić information content (AvgIpc) is 2.68. The van der Waals surface area contributed by atoms with Gasteiger partial charge in [0.25, 0.3) is 0 Å². The molecule has 1 heterocycles. The summed E-state index contributed by atoms with van der Waals surface area (Å²) in [5, 5.41) is 8.88. The van der Waals surface area contributed by atoms with Crippen LogP contribution in [0.1, 0.15) is 25.3 Å². The Bertz CT molecular complexity index is 433. The molecular weight excluding hydrogens is 221 g/mol. The molecule has 0 fully saturated rings. The molecule has 1 atom stereocenters. The van der Waals surface area contributed by atoms with Gasteiger partial charge in [0, 0.05) is 18.3 Å². The van der Waals surface area contributed by atoms with Crippen LogP contribution >= 0.6 is 0 Å². The van der Waals surface area contributed by atoms with Crippen molar-refractivity contribution in [1.29, 1.82) is 0 Å². The Hall–Kier alpha value is -1.58. The predicted octanol–water partition coefficient (Wildman–Crippen LogP) is 2.44. The Labute approximate surface area is 99.9 Å². The zero-order valence-corrected chi connectivity index (χ0v) is 9.82. The maximum Gasteiger partial charge on any atom is 0.305 e. The van der Waals surface area contributed by atoms with Crippen molar-refractivity contribution in [3.8, 4) is 0 Å². The maximum atomic E-state index is 13.2. The summed E-state index contributed by atoms with van der Waals surface area (Å²) in [5.41, 5.74) is 1.97. The third-order valence-electron chi connectivity index (χ3n) is 3.30. The van der Waals surface area contributed by atoms with Crippen molar-refractivity contribution in [1.82, 2.24) is 0 Å². The molecule has 92 valence electrons. The van der Waals surface area contributed by atoms with E-state index in [1.807, 2.05) is 11.8 Å². The predicted molar refractivity (Wildman–Crippen MR) is 63.8 cm³/mol. The first kappa shape index (κ1) is 11.9. The highest BCUT2D eigenvalue weighted by Gasteiger charge is 2.26. The average molecular weight is 237 g/mol. The maximum absolute atomic E-state index is 13.2. The summed E-state index contributed by atoms with van der Waals surface area (Å²) in [6.07, 6.45) is 1.72. The molecule has 1 unspecified atom stereocenters. The summed E-state index contributed by atoms with van der Waals surface area (Å²) in [4.78, 5) is 12.8. The number of nitrogens with zero attached hydrogens (tertiary/aromatic N) is 1. The SMILES string of the molecule is CCC(CC(=O)O)N1CCc2ccc(F)cc21. The van der Waals surface area contributed by atoms with E-state index >= 15 is 0 Å². The zero-order valence-electron chi connectivity index (χ0n) is 9.82. The van der Waals surface area contributed by atoms with E-state index < -0.39 is 5.97 Å². The number of carboxylic acids is 1. The fourth-order valence-corrected chi connectivity index (χ4v) is 2.43. The molecule has 1 aromatic carbocycles. The van der Waals surface area contributed by atoms with E-state index in [2.05, 4.69) is 0 Å². The van der Waals surface area contributed by atoms with E-state index in [0.29, 0.717) is 0 Å². The lowest BCUT2D eigenvalue weighted by atomic mass is 10.1. The number of rotatable bonds is 4. The van der Waals surface area contributed by atoms with Crippen LogP contribution in [0.15, 0.2) is 18.2 Å². The topological polar surface area (TPSA) is 40.5 Å². The van der Waals surface area contributed by atoms with Crippen molar-refractivity contribution in [2.45, 2.75) is 32.2 Å². The number of benzene rings is 1. The highest BCUT2D eigenvalue weighted by atomic mass is 19.1. The van der Waals surface area contributed by atoms with E-state index in [1.54, 1.807) is 6.07 Å². The lowest BCUT2D eigenvalue weighted by Gasteiger charge is -2.28. The van der Waals surface area contributed by atoms with E-state index in [4.69, 9.17) is 5.11 Å². The third kappa shape index (κ3) is 2.40. The molecule has 4 heteroatoms. The highest BCUT2D eigenvalue weighted by Crippen LogP contribution is 2.31. The number of aliphatic carboxylic acids is 1. The van der Waals surface area contributed by atoms with Gasteiger partial charge in [0.05, 0.1) is 6.42 Å². The number of carbonyl (C=O) groups is 1. The summed E-state index contributed by atoms with van der Waals surface area (Å²) >= 11 is 0. The highest BCUT2D eigenvalue weighted by molar-refractivity contribution is 5.69. The number of fused-ring (bicyclic) bond motifs is 1. The molecule has 0 aliphatic carbocycles. The summed E-state index contributed by atoms with van der Waals surface area (Å²) in [6, 6.07) is 4.71. The lowest BCUT2D eigenvalue weighted by molar-refractivity contribution is -0.137. The minimum atomic E-state index is -0.804. The van der Waals surface area contributed by atoms with Gasteiger partial charge in [0.2, 0.25) is 0 Å². The van der Waals surface area contributed by atoms with Crippen molar-refractivity contribution in [2.75, 3.05) is 11.4 Å². The Kier molecular flexibility index (Phi) is 3.31. The van der Waals surface area contributed by atoms with Crippen LogP contribution in [0.3, 0.4) is 0 Å². The quantitative estimate of drug-likeness (QED) is 0.874. The molecule has 0 amide bonds.